The molecule has 0 atom stereocenters. The van der Waals surface area contributed by atoms with Crippen LogP contribution in [-0.4, -0.2) is 41.3 Å². The van der Waals surface area contributed by atoms with Crippen molar-refractivity contribution in [1.82, 2.24) is 5.32 Å². The summed E-state index contributed by atoms with van der Waals surface area (Å²) in [5.74, 6) is 0.914. The molecule has 2 rings (SSSR count). The van der Waals surface area contributed by atoms with Crippen molar-refractivity contribution in [3.63, 3.8) is 0 Å². The summed E-state index contributed by atoms with van der Waals surface area (Å²) in [6, 6.07) is 12.0. The molecule has 0 heterocycles. The fourth-order valence-corrected chi connectivity index (χ4v) is 3.00. The Kier molecular flexibility index (Phi) is 6.46. The summed E-state index contributed by atoms with van der Waals surface area (Å²) in [5, 5.41) is 2.79. The van der Waals surface area contributed by atoms with E-state index in [0.717, 1.165) is 11.8 Å². The summed E-state index contributed by atoms with van der Waals surface area (Å²) in [4.78, 5) is 12.4. The molecule has 0 aliphatic heterocycles. The summed E-state index contributed by atoms with van der Waals surface area (Å²) in [6.07, 6.45) is 1.63. The van der Waals surface area contributed by atoms with Crippen molar-refractivity contribution in [2.24, 2.45) is 0 Å². The number of sulfonamides is 1. The molecule has 0 aliphatic carbocycles. The molecule has 2 N–H and O–H groups in total. The van der Waals surface area contributed by atoms with Crippen LogP contribution in [0.15, 0.2) is 42.5 Å². The van der Waals surface area contributed by atoms with Gasteiger partial charge in [-0.05, 0) is 36.2 Å². The predicted octanol–water partition coefficient (Wildman–Crippen LogP) is 2.05. The van der Waals surface area contributed by atoms with Gasteiger partial charge < -0.3 is 14.8 Å². The monoisotopic (exact) mass is 378 g/mol. The molecule has 0 spiro atoms. The van der Waals surface area contributed by atoms with Crippen molar-refractivity contribution < 1.29 is 22.7 Å². The SMILES string of the molecule is COc1ccc(CCNC(=O)c2ccccc2NS(C)(=O)=O)cc1OC. The number of carbonyl (C=O) groups is 1. The van der Waals surface area contributed by atoms with E-state index in [4.69, 9.17) is 9.47 Å². The fraction of sp³-hybridized carbons (Fsp3) is 0.278. The highest BCUT2D eigenvalue weighted by atomic mass is 32.2. The largest absolute Gasteiger partial charge is 0.493 e. The van der Waals surface area contributed by atoms with Gasteiger partial charge in [0.25, 0.3) is 5.91 Å². The molecule has 0 saturated heterocycles. The number of methoxy groups -OCH3 is 2. The first-order chi connectivity index (χ1) is 12.3. The van der Waals surface area contributed by atoms with E-state index in [1.165, 1.54) is 0 Å². The van der Waals surface area contributed by atoms with Crippen LogP contribution < -0.4 is 19.5 Å². The van der Waals surface area contributed by atoms with Crippen molar-refractivity contribution in [2.75, 3.05) is 31.7 Å². The Bertz CT molecular complexity index is 881. The van der Waals surface area contributed by atoms with Gasteiger partial charge in [-0.2, -0.15) is 0 Å². The van der Waals surface area contributed by atoms with Gasteiger partial charge in [-0.15, -0.1) is 0 Å². The summed E-state index contributed by atoms with van der Waals surface area (Å²) >= 11 is 0. The van der Waals surface area contributed by atoms with Crippen molar-refractivity contribution in [3.05, 3.63) is 53.6 Å². The summed E-state index contributed by atoms with van der Waals surface area (Å²) in [7, 11) is -0.333. The highest BCUT2D eigenvalue weighted by Gasteiger charge is 2.13. The first-order valence-electron chi connectivity index (χ1n) is 7.90. The summed E-state index contributed by atoms with van der Waals surface area (Å²) in [5.41, 5.74) is 1.49. The van der Waals surface area contributed by atoms with Crippen molar-refractivity contribution >= 4 is 21.6 Å². The lowest BCUT2D eigenvalue weighted by Crippen LogP contribution is -2.27. The highest BCUT2D eigenvalue weighted by Crippen LogP contribution is 2.27. The standard InChI is InChI=1S/C18H22N2O5S/c1-24-16-9-8-13(12-17(16)25-2)10-11-19-18(21)14-6-4-5-7-15(14)20-26(3,22)23/h4-9,12,20H,10-11H2,1-3H3,(H,19,21). The zero-order valence-electron chi connectivity index (χ0n) is 14.9. The van der Waals surface area contributed by atoms with Gasteiger partial charge in [0.2, 0.25) is 10.0 Å². The molecule has 0 aromatic heterocycles. The van der Waals surface area contributed by atoms with Crippen molar-refractivity contribution in [3.8, 4) is 11.5 Å². The van der Waals surface area contributed by atoms with E-state index in [0.29, 0.717) is 24.5 Å². The zero-order chi connectivity index (χ0) is 19.2. The van der Waals surface area contributed by atoms with Crippen LogP contribution in [0, 0.1) is 0 Å². The van der Waals surface area contributed by atoms with Gasteiger partial charge in [0.15, 0.2) is 11.5 Å². The van der Waals surface area contributed by atoms with Crippen LogP contribution in [-0.2, 0) is 16.4 Å². The van der Waals surface area contributed by atoms with Crippen molar-refractivity contribution in [1.29, 1.82) is 0 Å². The average molecular weight is 378 g/mol. The van der Waals surface area contributed by atoms with Gasteiger partial charge in [-0.3, -0.25) is 9.52 Å². The van der Waals surface area contributed by atoms with E-state index in [1.54, 1.807) is 44.6 Å². The number of anilines is 1. The lowest BCUT2D eigenvalue weighted by molar-refractivity contribution is 0.0955. The number of para-hydroxylation sites is 1. The summed E-state index contributed by atoms with van der Waals surface area (Å²) in [6.45, 7) is 0.390. The maximum atomic E-state index is 12.4. The van der Waals surface area contributed by atoms with Gasteiger partial charge >= 0.3 is 0 Å². The Balaban J connectivity index is 2.02. The number of carbonyl (C=O) groups excluding carboxylic acids is 1. The van der Waals surface area contributed by atoms with Crippen LogP contribution in [0.5, 0.6) is 11.5 Å². The second-order valence-corrected chi connectivity index (χ2v) is 7.36. The number of benzene rings is 2. The van der Waals surface area contributed by atoms with Gasteiger partial charge in [-0.1, -0.05) is 18.2 Å². The van der Waals surface area contributed by atoms with Gasteiger partial charge in [0.05, 0.1) is 31.7 Å². The second-order valence-electron chi connectivity index (χ2n) is 5.62. The molecule has 0 fully saturated rings. The normalized spacial score (nSPS) is 10.9. The molecule has 0 radical (unpaired) electrons. The first-order valence-corrected chi connectivity index (χ1v) is 9.79. The van der Waals surface area contributed by atoms with E-state index >= 15 is 0 Å². The van der Waals surface area contributed by atoms with Crippen molar-refractivity contribution in [2.45, 2.75) is 6.42 Å². The molecule has 0 aliphatic rings. The lowest BCUT2D eigenvalue weighted by Gasteiger charge is -2.12. The number of rotatable bonds is 8. The number of ether oxygens (including phenoxy) is 2. The first kappa shape index (κ1) is 19.6. The predicted molar refractivity (Wildman–Crippen MR) is 100 cm³/mol. The van der Waals surface area contributed by atoms with Gasteiger partial charge in [-0.25, -0.2) is 8.42 Å². The minimum Gasteiger partial charge on any atom is -0.493 e. The summed E-state index contributed by atoms with van der Waals surface area (Å²) < 4.78 is 35.6. The molecular formula is C18H22N2O5S. The van der Waals surface area contributed by atoms with Crippen LogP contribution >= 0.6 is 0 Å². The fourth-order valence-electron chi connectivity index (χ4n) is 2.42. The quantitative estimate of drug-likeness (QED) is 0.733. The Labute approximate surface area is 153 Å². The average Bonchev–Trinajstić information content (AvgIpc) is 2.60. The van der Waals surface area contributed by atoms with E-state index in [2.05, 4.69) is 10.0 Å². The molecule has 0 unspecified atom stereocenters. The van der Waals surface area contributed by atoms with Crippen LogP contribution in [0.3, 0.4) is 0 Å². The van der Waals surface area contributed by atoms with E-state index in [-0.39, 0.29) is 17.2 Å². The Morgan fingerprint density at radius 3 is 2.38 bits per heavy atom. The second kappa shape index (κ2) is 8.57. The topological polar surface area (TPSA) is 93.7 Å². The highest BCUT2D eigenvalue weighted by molar-refractivity contribution is 7.92. The smallest absolute Gasteiger partial charge is 0.253 e. The van der Waals surface area contributed by atoms with Gasteiger partial charge in [0.1, 0.15) is 0 Å². The van der Waals surface area contributed by atoms with Crippen LogP contribution in [0.25, 0.3) is 0 Å². The maximum absolute atomic E-state index is 12.4. The third-order valence-electron chi connectivity index (χ3n) is 3.61. The molecule has 0 saturated carbocycles. The molecule has 140 valence electrons. The van der Waals surface area contributed by atoms with Crippen LogP contribution in [0.2, 0.25) is 0 Å². The molecule has 1 amide bonds. The van der Waals surface area contributed by atoms with E-state index < -0.39 is 10.0 Å². The third-order valence-corrected chi connectivity index (χ3v) is 4.20. The Morgan fingerprint density at radius 2 is 1.73 bits per heavy atom. The maximum Gasteiger partial charge on any atom is 0.253 e. The third kappa shape index (κ3) is 5.38. The number of nitrogens with one attached hydrogen (secondary N) is 2. The minimum absolute atomic E-state index is 0.249. The number of hydrogen-bond donors (Lipinski definition) is 2. The molecule has 7 nitrogen and oxygen atoms in total. The van der Waals surface area contributed by atoms with Crippen LogP contribution in [0.1, 0.15) is 15.9 Å². The zero-order valence-corrected chi connectivity index (χ0v) is 15.7. The number of hydrogen-bond acceptors (Lipinski definition) is 5. The number of amides is 1. The molecular weight excluding hydrogens is 356 g/mol. The Hall–Kier alpha value is -2.74. The van der Waals surface area contributed by atoms with E-state index in [9.17, 15) is 13.2 Å². The molecule has 26 heavy (non-hydrogen) atoms. The molecule has 2 aromatic rings. The molecule has 8 heteroatoms. The lowest BCUT2D eigenvalue weighted by atomic mass is 10.1. The Morgan fingerprint density at radius 1 is 1.04 bits per heavy atom. The van der Waals surface area contributed by atoms with Gasteiger partial charge in [0, 0.05) is 6.54 Å². The van der Waals surface area contributed by atoms with Crippen LogP contribution in [0.4, 0.5) is 5.69 Å². The molecule has 0 bridgehead atoms. The minimum atomic E-state index is -3.47. The molecule has 2 aromatic carbocycles. The van der Waals surface area contributed by atoms with E-state index in [1.807, 2.05) is 12.1 Å².